The van der Waals surface area contributed by atoms with E-state index in [0.29, 0.717) is 0 Å². The van der Waals surface area contributed by atoms with E-state index in [2.05, 4.69) is 41.7 Å². The first-order chi connectivity index (χ1) is 15.3. The highest BCUT2D eigenvalue weighted by atomic mass is 35.5. The first kappa shape index (κ1) is 27.3. The molecule has 184 valence electrons. The molecule has 0 fully saturated rings. The monoisotopic (exact) mass is 487 g/mol. The fourth-order valence-corrected chi connectivity index (χ4v) is 4.46. The third kappa shape index (κ3) is 6.56. The van der Waals surface area contributed by atoms with Crippen LogP contribution >= 0.6 is 12.4 Å². The summed E-state index contributed by atoms with van der Waals surface area (Å²) in [6.45, 7) is 14.1. The Hall–Kier alpha value is -2.93. The molecule has 0 atom stereocenters. The predicted octanol–water partition coefficient (Wildman–Crippen LogP) is 6.85. The van der Waals surface area contributed by atoms with Crippen molar-refractivity contribution in [3.63, 3.8) is 0 Å². The summed E-state index contributed by atoms with van der Waals surface area (Å²) in [5.41, 5.74) is 3.81. The summed E-state index contributed by atoms with van der Waals surface area (Å²) in [5, 5.41) is 9.56. The first-order valence-electron chi connectivity index (χ1n) is 11.1. The van der Waals surface area contributed by atoms with Gasteiger partial charge >= 0.3 is 6.03 Å². The number of fused-ring (bicyclic) bond motifs is 1. The molecule has 0 bridgehead atoms. The lowest BCUT2D eigenvalue weighted by atomic mass is 9.82. The molecule has 6 nitrogen and oxygen atoms in total. The van der Waals surface area contributed by atoms with Gasteiger partial charge in [-0.3, -0.25) is 4.98 Å². The molecule has 0 saturated carbocycles. The third-order valence-corrected chi connectivity index (χ3v) is 5.42. The number of amides is 2. The molecule has 0 spiro atoms. The van der Waals surface area contributed by atoms with Gasteiger partial charge in [-0.25, -0.2) is 14.2 Å². The van der Waals surface area contributed by atoms with E-state index >= 15 is 0 Å². The molecule has 8 heteroatoms. The van der Waals surface area contributed by atoms with Crippen LogP contribution in [-0.2, 0) is 0 Å². The Morgan fingerprint density at radius 2 is 1.71 bits per heavy atom. The quantitative estimate of drug-likeness (QED) is 0.367. The largest absolute Gasteiger partial charge is 0.373 e. The highest BCUT2D eigenvalue weighted by Gasteiger charge is 2.27. The maximum atomic E-state index is 14.8. The van der Waals surface area contributed by atoms with Gasteiger partial charge in [-0.15, -0.1) is 12.4 Å². The van der Waals surface area contributed by atoms with Crippen LogP contribution in [0.2, 0.25) is 0 Å². The van der Waals surface area contributed by atoms with E-state index in [0.717, 1.165) is 45.5 Å². The summed E-state index contributed by atoms with van der Waals surface area (Å²) in [5.74, 6) is 0.263. The fraction of sp³-hybridized carbons (Fsp3) is 0.423. The van der Waals surface area contributed by atoms with Crippen LogP contribution in [0, 0.1) is 25.1 Å². The van der Waals surface area contributed by atoms with Gasteiger partial charge in [-0.1, -0.05) is 20.8 Å². The summed E-state index contributed by atoms with van der Waals surface area (Å²) < 4.78 is 14.8. The number of rotatable bonds is 5. The second-order valence-electron chi connectivity index (χ2n) is 10.5. The predicted molar refractivity (Wildman–Crippen MR) is 142 cm³/mol. The molecule has 0 saturated heterocycles. The standard InChI is InChI=1S/C26H34FN5O.ClH/c1-15-9-20(27)22(31-24(33)32-26(6,7)14-25(3,4)5)11-18(15)19-10-17-13-29-23(28-8)12-21(17)30-16(19)2;/h9-13H,14H2,1-8H3,(H,28,29)(H2,31,32,33);1H. The summed E-state index contributed by atoms with van der Waals surface area (Å²) in [6.07, 6.45) is 2.54. The molecule has 0 unspecified atom stereocenters. The maximum Gasteiger partial charge on any atom is 0.319 e. The number of hydrogen-bond acceptors (Lipinski definition) is 4. The summed E-state index contributed by atoms with van der Waals surface area (Å²) in [4.78, 5) is 21.8. The molecule has 2 heterocycles. The van der Waals surface area contributed by atoms with Crippen LogP contribution in [0.15, 0.2) is 30.5 Å². The van der Waals surface area contributed by atoms with Crippen molar-refractivity contribution in [1.29, 1.82) is 0 Å². The minimum Gasteiger partial charge on any atom is -0.373 e. The molecule has 0 aliphatic heterocycles. The number of carbonyl (C=O) groups excluding carboxylic acids is 1. The first-order valence-corrected chi connectivity index (χ1v) is 11.1. The number of aryl methyl sites for hydroxylation is 2. The van der Waals surface area contributed by atoms with Crippen molar-refractivity contribution in [1.82, 2.24) is 15.3 Å². The molecule has 3 rings (SSSR count). The number of anilines is 2. The van der Waals surface area contributed by atoms with Gasteiger partial charge in [0.05, 0.1) is 11.2 Å². The molecule has 2 aromatic heterocycles. The zero-order chi connectivity index (χ0) is 24.6. The molecule has 3 aromatic rings. The van der Waals surface area contributed by atoms with E-state index < -0.39 is 17.4 Å². The Balaban J connectivity index is 0.00000408. The molecule has 1 aromatic carbocycles. The van der Waals surface area contributed by atoms with E-state index in [1.807, 2.05) is 46.9 Å². The average Bonchev–Trinajstić information content (AvgIpc) is 2.67. The van der Waals surface area contributed by atoms with Crippen molar-refractivity contribution in [2.75, 3.05) is 17.7 Å². The van der Waals surface area contributed by atoms with E-state index in [4.69, 9.17) is 4.98 Å². The van der Waals surface area contributed by atoms with Gasteiger partial charge in [0.15, 0.2) is 0 Å². The highest BCUT2D eigenvalue weighted by Crippen LogP contribution is 2.33. The zero-order valence-electron chi connectivity index (χ0n) is 21.2. The molecular weight excluding hydrogens is 453 g/mol. The topological polar surface area (TPSA) is 78.9 Å². The van der Waals surface area contributed by atoms with Crippen LogP contribution in [0.3, 0.4) is 0 Å². The number of carbonyl (C=O) groups is 1. The van der Waals surface area contributed by atoms with Gasteiger partial charge in [0, 0.05) is 41.5 Å². The number of benzene rings is 1. The lowest BCUT2D eigenvalue weighted by Crippen LogP contribution is -2.47. The summed E-state index contributed by atoms with van der Waals surface area (Å²) in [7, 11) is 1.81. The van der Waals surface area contributed by atoms with Crippen LogP contribution in [-0.4, -0.2) is 28.6 Å². The number of urea groups is 1. The Morgan fingerprint density at radius 3 is 2.32 bits per heavy atom. The van der Waals surface area contributed by atoms with Crippen LogP contribution in [0.1, 0.15) is 52.3 Å². The van der Waals surface area contributed by atoms with Gasteiger partial charge in [-0.05, 0) is 68.9 Å². The normalized spacial score (nSPS) is 11.7. The van der Waals surface area contributed by atoms with Gasteiger partial charge in [0.2, 0.25) is 0 Å². The highest BCUT2D eigenvalue weighted by molar-refractivity contribution is 5.92. The van der Waals surface area contributed by atoms with Crippen LogP contribution in [0.5, 0.6) is 0 Å². The number of aromatic nitrogens is 2. The van der Waals surface area contributed by atoms with Crippen LogP contribution < -0.4 is 16.0 Å². The molecule has 2 amide bonds. The van der Waals surface area contributed by atoms with E-state index in [1.165, 1.54) is 6.07 Å². The summed E-state index contributed by atoms with van der Waals surface area (Å²) >= 11 is 0. The number of nitrogens with one attached hydrogen (secondary N) is 3. The van der Waals surface area contributed by atoms with Crippen molar-refractivity contribution in [3.05, 3.63) is 47.5 Å². The van der Waals surface area contributed by atoms with Crippen LogP contribution in [0.4, 0.5) is 20.7 Å². The minimum absolute atomic E-state index is 0. The van der Waals surface area contributed by atoms with E-state index in [-0.39, 0.29) is 23.5 Å². The number of nitrogens with zero attached hydrogens (tertiary/aromatic N) is 2. The second kappa shape index (κ2) is 10.1. The number of halogens is 2. The fourth-order valence-electron chi connectivity index (χ4n) is 4.46. The SMILES string of the molecule is CNc1cc2nc(C)c(-c3cc(NC(=O)NC(C)(C)CC(C)(C)C)c(F)cc3C)cc2cn1.Cl. The van der Waals surface area contributed by atoms with Crippen molar-refractivity contribution in [3.8, 4) is 11.1 Å². The average molecular weight is 488 g/mol. The maximum absolute atomic E-state index is 14.8. The van der Waals surface area contributed by atoms with E-state index in [9.17, 15) is 9.18 Å². The van der Waals surface area contributed by atoms with Crippen molar-refractivity contribution >= 4 is 40.8 Å². The van der Waals surface area contributed by atoms with Crippen molar-refractivity contribution < 1.29 is 9.18 Å². The Kier molecular flexibility index (Phi) is 8.14. The van der Waals surface area contributed by atoms with Crippen molar-refractivity contribution in [2.24, 2.45) is 5.41 Å². The minimum atomic E-state index is -0.480. The molecular formula is C26H35ClFN5O. The second-order valence-corrected chi connectivity index (χ2v) is 10.5. The smallest absolute Gasteiger partial charge is 0.319 e. The Labute approximate surface area is 207 Å². The van der Waals surface area contributed by atoms with Crippen molar-refractivity contribution in [2.45, 2.75) is 60.4 Å². The van der Waals surface area contributed by atoms with Gasteiger partial charge < -0.3 is 16.0 Å². The third-order valence-electron chi connectivity index (χ3n) is 5.42. The number of pyridine rings is 2. The Bertz CT molecular complexity index is 1200. The van der Waals surface area contributed by atoms with Crippen LogP contribution in [0.25, 0.3) is 22.0 Å². The van der Waals surface area contributed by atoms with Gasteiger partial charge in [-0.2, -0.15) is 0 Å². The molecule has 0 radical (unpaired) electrons. The van der Waals surface area contributed by atoms with Gasteiger partial charge in [0.25, 0.3) is 0 Å². The molecule has 0 aliphatic rings. The molecule has 3 N–H and O–H groups in total. The summed E-state index contributed by atoms with van der Waals surface area (Å²) in [6, 6.07) is 6.57. The van der Waals surface area contributed by atoms with E-state index in [1.54, 1.807) is 12.3 Å². The Morgan fingerprint density at radius 1 is 1.03 bits per heavy atom. The lowest BCUT2D eigenvalue weighted by molar-refractivity contribution is 0.220. The zero-order valence-corrected chi connectivity index (χ0v) is 22.0. The molecule has 0 aliphatic carbocycles. The lowest BCUT2D eigenvalue weighted by Gasteiger charge is -2.33. The molecule has 34 heavy (non-hydrogen) atoms. The number of hydrogen-bond donors (Lipinski definition) is 3. The van der Waals surface area contributed by atoms with Gasteiger partial charge in [0.1, 0.15) is 11.6 Å².